The Morgan fingerprint density at radius 1 is 0.849 bits per heavy atom. The zero-order valence-corrected chi connectivity index (χ0v) is 29.7. The van der Waals surface area contributed by atoms with Crippen molar-refractivity contribution in [3.63, 3.8) is 0 Å². The number of thiazole rings is 1. The van der Waals surface area contributed by atoms with E-state index in [1.165, 1.54) is 53.4 Å². The number of nitrogens with zero attached hydrogens (tertiary/aromatic N) is 2. The second kappa shape index (κ2) is 17.1. The fourth-order valence-electron chi connectivity index (χ4n) is 5.07. The monoisotopic (exact) mass is 741 g/mol. The maximum Gasteiger partial charge on any atom is 0.272 e. The van der Waals surface area contributed by atoms with Crippen molar-refractivity contribution in [3.05, 3.63) is 171 Å². The minimum Gasteiger partial charge on any atom is -0.497 e. The van der Waals surface area contributed by atoms with Gasteiger partial charge in [0.05, 0.1) is 17.7 Å². The van der Waals surface area contributed by atoms with E-state index in [9.17, 15) is 24.5 Å². The Labute approximate surface area is 312 Å². The van der Waals surface area contributed by atoms with Crippen LogP contribution in [-0.2, 0) is 9.59 Å². The lowest BCUT2D eigenvalue weighted by atomic mass is 10.1. The first-order valence-electron chi connectivity index (χ1n) is 16.1. The Kier molecular flexibility index (Phi) is 11.7. The van der Waals surface area contributed by atoms with E-state index in [2.05, 4.69) is 20.9 Å². The summed E-state index contributed by atoms with van der Waals surface area (Å²) >= 11 is 2.67. The lowest BCUT2D eigenvalue weighted by Crippen LogP contribution is -2.30. The summed E-state index contributed by atoms with van der Waals surface area (Å²) in [7, 11) is 1.60. The van der Waals surface area contributed by atoms with Crippen molar-refractivity contribution >= 4 is 63.4 Å². The van der Waals surface area contributed by atoms with Gasteiger partial charge < -0.3 is 20.7 Å². The highest BCUT2D eigenvalue weighted by Gasteiger charge is 2.24. The number of methoxy groups -OCH3 is 1. The van der Waals surface area contributed by atoms with E-state index < -0.39 is 22.0 Å². The van der Waals surface area contributed by atoms with Gasteiger partial charge in [-0.25, -0.2) is 4.98 Å². The number of amides is 3. The SMILES string of the molecule is COc1cccc(-c2csc(NC(=O)C(Sc3ccc(NC(=O)/C(=C/c4ccc([N+](=O)[O-])cc4)NC(=O)c4ccccc4)cc3)c3ccccc3)n2)c1. The standard InChI is InChI=1S/C40H31N5O6S2/c1-51-32-14-8-13-29(24-32)35-25-52-40(43-35)44-39(48)36(27-9-4-2-5-10-27)53-33-21-17-30(18-22-33)41-38(47)34(42-37(46)28-11-6-3-7-12-28)23-26-15-19-31(20-16-26)45(49)50/h2-25,36H,1H3,(H,41,47)(H,42,46)(H,43,44,48)/b34-23-. The predicted octanol–water partition coefficient (Wildman–Crippen LogP) is 8.61. The summed E-state index contributed by atoms with van der Waals surface area (Å²) in [4.78, 5) is 56.2. The molecule has 0 aliphatic carbocycles. The molecule has 1 atom stereocenters. The number of carbonyl (C=O) groups excluding carboxylic acids is 3. The van der Waals surface area contributed by atoms with E-state index in [1.54, 1.807) is 61.7 Å². The zero-order valence-electron chi connectivity index (χ0n) is 28.1. The molecular formula is C40H31N5O6S2. The molecule has 1 unspecified atom stereocenters. The number of ether oxygens (including phenoxy) is 1. The van der Waals surface area contributed by atoms with Gasteiger partial charge in [0.25, 0.3) is 17.5 Å². The molecule has 0 bridgehead atoms. The lowest BCUT2D eigenvalue weighted by molar-refractivity contribution is -0.384. The Bertz CT molecular complexity index is 2260. The maximum absolute atomic E-state index is 13.7. The van der Waals surface area contributed by atoms with Gasteiger partial charge in [-0.15, -0.1) is 23.1 Å². The molecule has 0 aliphatic heterocycles. The van der Waals surface area contributed by atoms with Crippen molar-refractivity contribution in [1.82, 2.24) is 10.3 Å². The first-order chi connectivity index (χ1) is 25.7. The van der Waals surface area contributed by atoms with Crippen molar-refractivity contribution in [2.45, 2.75) is 10.1 Å². The van der Waals surface area contributed by atoms with Gasteiger partial charge in [0, 0.05) is 39.2 Å². The molecule has 0 radical (unpaired) electrons. The second-order valence-corrected chi connectivity index (χ2v) is 13.4. The van der Waals surface area contributed by atoms with E-state index in [1.807, 2.05) is 60.0 Å². The summed E-state index contributed by atoms with van der Waals surface area (Å²) in [5.41, 5.74) is 3.48. The van der Waals surface area contributed by atoms with Crippen LogP contribution in [0, 0.1) is 10.1 Å². The minimum atomic E-state index is -0.620. The number of hydrogen-bond donors (Lipinski definition) is 3. The fraction of sp³-hybridized carbons (Fsp3) is 0.0500. The number of rotatable bonds is 13. The van der Waals surface area contributed by atoms with Crippen LogP contribution in [-0.4, -0.2) is 34.7 Å². The fourth-order valence-corrected chi connectivity index (χ4v) is 6.82. The van der Waals surface area contributed by atoms with Crippen molar-refractivity contribution in [1.29, 1.82) is 0 Å². The number of thioether (sulfide) groups is 1. The van der Waals surface area contributed by atoms with Gasteiger partial charge in [0.1, 0.15) is 16.7 Å². The molecular weight excluding hydrogens is 711 g/mol. The van der Waals surface area contributed by atoms with Crippen LogP contribution < -0.4 is 20.7 Å². The first-order valence-corrected chi connectivity index (χ1v) is 17.9. The van der Waals surface area contributed by atoms with Crippen molar-refractivity contribution in [2.75, 3.05) is 17.7 Å². The number of nitro benzene ring substituents is 1. The molecule has 0 fully saturated rings. The molecule has 264 valence electrons. The highest BCUT2D eigenvalue weighted by molar-refractivity contribution is 8.00. The normalized spacial score (nSPS) is 11.6. The van der Waals surface area contributed by atoms with E-state index in [0.717, 1.165) is 21.7 Å². The van der Waals surface area contributed by atoms with Crippen LogP contribution in [0.3, 0.4) is 0 Å². The first kappa shape index (κ1) is 36.2. The van der Waals surface area contributed by atoms with Crippen LogP contribution in [0.15, 0.2) is 149 Å². The number of hydrogen-bond acceptors (Lipinski definition) is 9. The Morgan fingerprint density at radius 3 is 2.23 bits per heavy atom. The van der Waals surface area contributed by atoms with Gasteiger partial charge in [0.15, 0.2) is 5.13 Å². The van der Waals surface area contributed by atoms with E-state index in [4.69, 9.17) is 4.74 Å². The van der Waals surface area contributed by atoms with Gasteiger partial charge in [-0.05, 0) is 77.9 Å². The third-order valence-electron chi connectivity index (χ3n) is 7.75. The largest absolute Gasteiger partial charge is 0.497 e. The summed E-state index contributed by atoms with van der Waals surface area (Å²) in [5.74, 6) is -0.645. The van der Waals surface area contributed by atoms with Crippen molar-refractivity contribution in [3.8, 4) is 17.0 Å². The molecule has 3 N–H and O–H groups in total. The molecule has 6 aromatic rings. The highest BCUT2D eigenvalue weighted by Crippen LogP contribution is 2.37. The molecule has 0 saturated carbocycles. The number of benzene rings is 5. The summed E-state index contributed by atoms with van der Waals surface area (Å²) in [6, 6.07) is 37.9. The van der Waals surface area contributed by atoms with Crippen LogP contribution in [0.2, 0.25) is 0 Å². The van der Waals surface area contributed by atoms with Crippen LogP contribution >= 0.6 is 23.1 Å². The Morgan fingerprint density at radius 2 is 1.55 bits per heavy atom. The number of nitrogens with one attached hydrogen (secondary N) is 3. The van der Waals surface area contributed by atoms with Crippen LogP contribution in [0.5, 0.6) is 5.75 Å². The van der Waals surface area contributed by atoms with Crippen LogP contribution in [0.4, 0.5) is 16.5 Å². The van der Waals surface area contributed by atoms with Crippen molar-refractivity contribution < 1.29 is 24.0 Å². The van der Waals surface area contributed by atoms with Gasteiger partial charge in [0.2, 0.25) is 5.91 Å². The highest BCUT2D eigenvalue weighted by atomic mass is 32.2. The van der Waals surface area contributed by atoms with E-state index in [-0.39, 0.29) is 17.3 Å². The predicted molar refractivity (Wildman–Crippen MR) is 208 cm³/mol. The molecule has 1 aromatic heterocycles. The minimum absolute atomic E-state index is 0.0660. The Balaban J connectivity index is 1.17. The molecule has 3 amide bonds. The molecule has 6 rings (SSSR count). The molecule has 0 spiro atoms. The Hall–Kier alpha value is -6.57. The third-order valence-corrected chi connectivity index (χ3v) is 9.77. The quantitative estimate of drug-likeness (QED) is 0.0461. The van der Waals surface area contributed by atoms with Gasteiger partial charge in [-0.3, -0.25) is 24.5 Å². The smallest absolute Gasteiger partial charge is 0.272 e. The molecule has 0 aliphatic rings. The topological polar surface area (TPSA) is 153 Å². The summed E-state index contributed by atoms with van der Waals surface area (Å²) in [6.07, 6.45) is 1.44. The summed E-state index contributed by atoms with van der Waals surface area (Å²) in [5, 5.41) is 21.3. The number of non-ortho nitro benzene ring substituents is 1. The number of aromatic nitrogens is 1. The van der Waals surface area contributed by atoms with E-state index >= 15 is 0 Å². The maximum atomic E-state index is 13.7. The average molecular weight is 742 g/mol. The van der Waals surface area contributed by atoms with Gasteiger partial charge in [-0.2, -0.15) is 0 Å². The number of anilines is 2. The lowest BCUT2D eigenvalue weighted by Gasteiger charge is -2.17. The van der Waals surface area contributed by atoms with Crippen molar-refractivity contribution in [2.24, 2.45) is 0 Å². The molecule has 11 nitrogen and oxygen atoms in total. The second-order valence-electron chi connectivity index (χ2n) is 11.4. The molecule has 13 heteroatoms. The zero-order chi connectivity index (χ0) is 37.2. The van der Waals surface area contributed by atoms with Gasteiger partial charge in [-0.1, -0.05) is 60.7 Å². The average Bonchev–Trinajstić information content (AvgIpc) is 3.66. The summed E-state index contributed by atoms with van der Waals surface area (Å²) in [6.45, 7) is 0. The third kappa shape index (κ3) is 9.61. The van der Waals surface area contributed by atoms with Gasteiger partial charge >= 0.3 is 0 Å². The summed E-state index contributed by atoms with van der Waals surface area (Å²) < 4.78 is 5.33. The number of nitro groups is 1. The molecule has 5 aromatic carbocycles. The molecule has 53 heavy (non-hydrogen) atoms. The van der Waals surface area contributed by atoms with Crippen LogP contribution in [0.25, 0.3) is 17.3 Å². The molecule has 0 saturated heterocycles. The van der Waals surface area contributed by atoms with E-state index in [0.29, 0.717) is 27.7 Å². The number of carbonyl (C=O) groups is 3. The molecule has 1 heterocycles. The van der Waals surface area contributed by atoms with Crippen LogP contribution in [0.1, 0.15) is 26.7 Å².